The van der Waals surface area contributed by atoms with Crippen LogP contribution in [0.5, 0.6) is 11.5 Å². The molecule has 0 amide bonds. The number of benzene rings is 1. The van der Waals surface area contributed by atoms with Gasteiger partial charge in [0.25, 0.3) is 0 Å². The van der Waals surface area contributed by atoms with Gasteiger partial charge in [-0.05, 0) is 36.8 Å². The van der Waals surface area contributed by atoms with Crippen LogP contribution in [0.3, 0.4) is 0 Å². The molecule has 3 heteroatoms. The fraction of sp³-hybridized carbons (Fsp3) is 0.647. The van der Waals surface area contributed by atoms with Gasteiger partial charge in [0, 0.05) is 11.6 Å². The maximum atomic E-state index is 10.7. The van der Waals surface area contributed by atoms with Gasteiger partial charge in [-0.2, -0.15) is 0 Å². The van der Waals surface area contributed by atoms with Crippen molar-refractivity contribution in [1.29, 1.82) is 0 Å². The lowest BCUT2D eigenvalue weighted by atomic mass is 9.77. The van der Waals surface area contributed by atoms with Crippen molar-refractivity contribution in [3.05, 3.63) is 23.8 Å². The first-order valence-corrected chi connectivity index (χ1v) is 7.59. The smallest absolute Gasteiger partial charge is 0.128 e. The van der Waals surface area contributed by atoms with Crippen molar-refractivity contribution in [3.8, 4) is 11.5 Å². The molecule has 112 valence electrons. The molecular formula is C17H26O3. The number of aliphatic hydroxyl groups is 1. The van der Waals surface area contributed by atoms with Crippen LogP contribution in [0.15, 0.2) is 18.2 Å². The minimum absolute atomic E-state index is 0.347. The van der Waals surface area contributed by atoms with Crippen LogP contribution < -0.4 is 9.47 Å². The van der Waals surface area contributed by atoms with Crippen LogP contribution in [-0.2, 0) is 0 Å². The fourth-order valence-corrected chi connectivity index (χ4v) is 3.23. The monoisotopic (exact) mass is 278 g/mol. The summed E-state index contributed by atoms with van der Waals surface area (Å²) in [5.74, 6) is 2.67. The molecule has 1 aromatic rings. The number of hydrogen-bond acceptors (Lipinski definition) is 3. The summed E-state index contributed by atoms with van der Waals surface area (Å²) in [4.78, 5) is 0. The van der Waals surface area contributed by atoms with Gasteiger partial charge in [-0.1, -0.05) is 26.2 Å². The Kier molecular flexibility index (Phi) is 5.30. The maximum Gasteiger partial charge on any atom is 0.128 e. The third-order valence-corrected chi connectivity index (χ3v) is 4.67. The predicted molar refractivity (Wildman–Crippen MR) is 80.2 cm³/mol. The molecule has 2 rings (SSSR count). The topological polar surface area (TPSA) is 38.7 Å². The van der Waals surface area contributed by atoms with E-state index in [-0.39, 0.29) is 0 Å². The Hall–Kier alpha value is -1.22. The first-order valence-electron chi connectivity index (χ1n) is 7.59. The number of rotatable bonds is 5. The van der Waals surface area contributed by atoms with Gasteiger partial charge in [-0.25, -0.2) is 0 Å². The van der Waals surface area contributed by atoms with Crippen molar-refractivity contribution in [2.45, 2.75) is 45.1 Å². The summed E-state index contributed by atoms with van der Waals surface area (Å²) >= 11 is 0. The van der Waals surface area contributed by atoms with E-state index in [9.17, 15) is 5.11 Å². The van der Waals surface area contributed by atoms with Crippen molar-refractivity contribution >= 4 is 0 Å². The predicted octanol–water partition coefficient (Wildman–Crippen LogP) is 3.95. The van der Waals surface area contributed by atoms with Crippen LogP contribution in [-0.4, -0.2) is 19.3 Å². The van der Waals surface area contributed by atoms with E-state index in [1.54, 1.807) is 14.2 Å². The molecule has 1 aliphatic carbocycles. The van der Waals surface area contributed by atoms with Crippen molar-refractivity contribution < 1.29 is 14.6 Å². The van der Waals surface area contributed by atoms with Gasteiger partial charge in [0.05, 0.1) is 20.3 Å². The molecule has 0 aliphatic heterocycles. The highest BCUT2D eigenvalue weighted by atomic mass is 16.5. The lowest BCUT2D eigenvalue weighted by Gasteiger charge is -2.31. The zero-order valence-electron chi connectivity index (χ0n) is 12.8. The maximum absolute atomic E-state index is 10.7. The molecule has 3 nitrogen and oxygen atoms in total. The molecule has 1 aliphatic rings. The van der Waals surface area contributed by atoms with Crippen molar-refractivity contribution in [2.24, 2.45) is 11.8 Å². The highest BCUT2D eigenvalue weighted by Gasteiger charge is 2.28. The van der Waals surface area contributed by atoms with E-state index in [2.05, 4.69) is 6.92 Å². The Morgan fingerprint density at radius 3 is 2.40 bits per heavy atom. The third kappa shape index (κ3) is 3.26. The number of hydrogen-bond donors (Lipinski definition) is 1. The van der Waals surface area contributed by atoms with Crippen molar-refractivity contribution in [3.63, 3.8) is 0 Å². The Labute approximate surface area is 121 Å². The first kappa shape index (κ1) is 15.2. The standard InChI is InChI=1S/C17H26O3/c1-4-12-5-7-13(8-6-12)17(18)15-10-9-14(19-2)11-16(15)20-3/h9-13,17-18H,4-8H2,1-3H3. The van der Waals surface area contributed by atoms with Gasteiger partial charge in [0.2, 0.25) is 0 Å². The molecule has 0 saturated heterocycles. The molecule has 1 aromatic carbocycles. The molecular weight excluding hydrogens is 252 g/mol. The summed E-state index contributed by atoms with van der Waals surface area (Å²) in [6, 6.07) is 5.66. The van der Waals surface area contributed by atoms with Crippen molar-refractivity contribution in [2.75, 3.05) is 14.2 Å². The van der Waals surface area contributed by atoms with Gasteiger partial charge in [-0.3, -0.25) is 0 Å². The summed E-state index contributed by atoms with van der Waals surface area (Å²) < 4.78 is 10.6. The summed E-state index contributed by atoms with van der Waals surface area (Å²) in [5.41, 5.74) is 0.883. The van der Waals surface area contributed by atoms with Gasteiger partial charge in [-0.15, -0.1) is 0 Å². The van der Waals surface area contributed by atoms with Crippen LogP contribution in [0.25, 0.3) is 0 Å². The molecule has 0 bridgehead atoms. The van der Waals surface area contributed by atoms with E-state index in [1.165, 1.54) is 19.3 Å². The second kappa shape index (κ2) is 6.98. The molecule has 1 unspecified atom stereocenters. The Morgan fingerprint density at radius 1 is 1.15 bits per heavy atom. The highest BCUT2D eigenvalue weighted by Crippen LogP contribution is 2.41. The molecule has 1 atom stereocenters. The average molecular weight is 278 g/mol. The van der Waals surface area contributed by atoms with Crippen LogP contribution in [0, 0.1) is 11.8 Å². The summed E-state index contributed by atoms with van der Waals surface area (Å²) in [6.45, 7) is 2.26. The Bertz CT molecular complexity index is 422. The molecule has 1 saturated carbocycles. The van der Waals surface area contributed by atoms with Crippen molar-refractivity contribution in [1.82, 2.24) is 0 Å². The quantitative estimate of drug-likeness (QED) is 0.886. The van der Waals surface area contributed by atoms with Gasteiger partial charge in [0.1, 0.15) is 11.5 Å². The van der Waals surface area contributed by atoms with E-state index in [0.717, 1.165) is 35.8 Å². The first-order chi connectivity index (χ1) is 9.69. The van der Waals surface area contributed by atoms with E-state index in [0.29, 0.717) is 5.92 Å². The minimum Gasteiger partial charge on any atom is -0.497 e. The second-order valence-electron chi connectivity index (χ2n) is 5.74. The van der Waals surface area contributed by atoms with E-state index in [1.807, 2.05) is 18.2 Å². The zero-order chi connectivity index (χ0) is 14.5. The van der Waals surface area contributed by atoms with Crippen LogP contribution >= 0.6 is 0 Å². The largest absolute Gasteiger partial charge is 0.497 e. The highest BCUT2D eigenvalue weighted by molar-refractivity contribution is 5.42. The van der Waals surface area contributed by atoms with E-state index in [4.69, 9.17) is 9.47 Å². The van der Waals surface area contributed by atoms with Gasteiger partial charge in [0.15, 0.2) is 0 Å². The number of aliphatic hydroxyl groups excluding tert-OH is 1. The summed E-state index contributed by atoms with van der Waals surface area (Å²) in [5, 5.41) is 10.7. The third-order valence-electron chi connectivity index (χ3n) is 4.67. The van der Waals surface area contributed by atoms with Gasteiger partial charge < -0.3 is 14.6 Å². The molecule has 0 spiro atoms. The Balaban J connectivity index is 2.10. The van der Waals surface area contributed by atoms with Crippen LogP contribution in [0.2, 0.25) is 0 Å². The molecule has 1 N–H and O–H groups in total. The second-order valence-corrected chi connectivity index (χ2v) is 5.74. The summed E-state index contributed by atoms with van der Waals surface area (Å²) in [6.07, 6.45) is 5.50. The Morgan fingerprint density at radius 2 is 1.85 bits per heavy atom. The SMILES string of the molecule is CCC1CCC(C(O)c2ccc(OC)cc2OC)CC1. The fourth-order valence-electron chi connectivity index (χ4n) is 3.23. The molecule has 0 radical (unpaired) electrons. The zero-order valence-corrected chi connectivity index (χ0v) is 12.8. The van der Waals surface area contributed by atoms with E-state index < -0.39 is 6.10 Å². The van der Waals surface area contributed by atoms with Crippen LogP contribution in [0.1, 0.15) is 50.7 Å². The molecule has 1 fully saturated rings. The minimum atomic E-state index is -0.436. The molecule has 0 heterocycles. The lowest BCUT2D eigenvalue weighted by molar-refractivity contribution is 0.0708. The van der Waals surface area contributed by atoms with E-state index >= 15 is 0 Å². The molecule has 0 aromatic heterocycles. The normalized spacial score (nSPS) is 24.2. The summed E-state index contributed by atoms with van der Waals surface area (Å²) in [7, 11) is 3.27. The van der Waals surface area contributed by atoms with Crippen LogP contribution in [0.4, 0.5) is 0 Å². The number of ether oxygens (including phenoxy) is 2. The average Bonchev–Trinajstić information content (AvgIpc) is 2.53. The molecule has 20 heavy (non-hydrogen) atoms. The van der Waals surface area contributed by atoms with Gasteiger partial charge >= 0.3 is 0 Å². The lowest BCUT2D eigenvalue weighted by Crippen LogP contribution is -2.20. The number of methoxy groups -OCH3 is 2.